The fraction of sp³-hybridized carbons (Fsp3) is 0.400. The molecule has 1 fully saturated rings. The van der Waals surface area contributed by atoms with Gasteiger partial charge in [-0.25, -0.2) is 4.79 Å². The molecule has 86 valence electrons. The first-order valence-corrected chi connectivity index (χ1v) is 6.36. The quantitative estimate of drug-likeness (QED) is 0.471. The molecular weight excluding hydrogens is 250 g/mol. The summed E-state index contributed by atoms with van der Waals surface area (Å²) in [7, 11) is 0. The van der Waals surface area contributed by atoms with Gasteiger partial charge in [-0.2, -0.15) is 0 Å². The van der Waals surface area contributed by atoms with E-state index in [1.807, 2.05) is 0 Å². The van der Waals surface area contributed by atoms with Gasteiger partial charge in [0.25, 0.3) is 0 Å². The fourth-order valence-corrected chi connectivity index (χ4v) is 3.15. The van der Waals surface area contributed by atoms with E-state index in [0.29, 0.717) is 11.6 Å². The van der Waals surface area contributed by atoms with E-state index in [2.05, 4.69) is 0 Å². The lowest BCUT2D eigenvalue weighted by Gasteiger charge is -2.47. The van der Waals surface area contributed by atoms with Crippen LogP contribution in [0, 0.1) is 5.92 Å². The number of allylic oxidation sites excluding steroid dienone is 1. The highest BCUT2D eigenvalue weighted by Crippen LogP contribution is 2.41. The van der Waals surface area contributed by atoms with Gasteiger partial charge in [0.05, 0.1) is 11.3 Å². The van der Waals surface area contributed by atoms with Crippen molar-refractivity contribution in [2.24, 2.45) is 5.92 Å². The molecule has 4 nitrogen and oxygen atoms in total. The first-order valence-electron chi connectivity index (χ1n) is 4.77. The minimum absolute atomic E-state index is 0.0805. The van der Waals surface area contributed by atoms with Crippen molar-refractivity contribution in [3.05, 3.63) is 23.9 Å². The molecule has 1 amide bonds. The van der Waals surface area contributed by atoms with E-state index in [1.165, 1.54) is 4.90 Å². The van der Waals surface area contributed by atoms with Crippen LogP contribution in [0.1, 0.15) is 0 Å². The molecule has 1 unspecified atom stereocenters. The molecule has 0 aliphatic carbocycles. The number of fused-ring (bicyclic) bond motifs is 1. The third kappa shape index (κ3) is 1.74. The number of halogens is 1. The van der Waals surface area contributed by atoms with Gasteiger partial charge in [-0.15, -0.1) is 23.4 Å². The van der Waals surface area contributed by atoms with Crippen molar-refractivity contribution >= 4 is 35.2 Å². The molecule has 0 saturated carbocycles. The van der Waals surface area contributed by atoms with Crippen LogP contribution in [0.2, 0.25) is 0 Å². The molecule has 1 N–H and O–H groups in total. The van der Waals surface area contributed by atoms with Gasteiger partial charge < -0.3 is 5.11 Å². The Bertz CT molecular complexity index is 394. The highest BCUT2D eigenvalue weighted by atomic mass is 35.5. The van der Waals surface area contributed by atoms with Crippen LogP contribution < -0.4 is 0 Å². The van der Waals surface area contributed by atoms with E-state index in [-0.39, 0.29) is 22.9 Å². The Hall–Kier alpha value is -0.940. The average molecular weight is 260 g/mol. The summed E-state index contributed by atoms with van der Waals surface area (Å²) in [5.41, 5.74) is 0.101. The summed E-state index contributed by atoms with van der Waals surface area (Å²) in [6.45, 7) is 0. The summed E-state index contributed by atoms with van der Waals surface area (Å²) in [6.07, 6.45) is 5.05. The molecule has 0 bridgehead atoms. The highest BCUT2D eigenvalue weighted by Gasteiger charge is 2.50. The summed E-state index contributed by atoms with van der Waals surface area (Å²) in [5.74, 6) is -0.443. The number of carboxylic acid groups (broad SMARTS) is 1. The van der Waals surface area contributed by atoms with Crippen LogP contribution in [0.15, 0.2) is 23.9 Å². The second-order valence-corrected chi connectivity index (χ2v) is 4.89. The number of amides is 1. The molecule has 2 aliphatic heterocycles. The maximum absolute atomic E-state index is 11.7. The number of hydrogen-bond acceptors (Lipinski definition) is 3. The van der Waals surface area contributed by atoms with E-state index in [4.69, 9.17) is 16.7 Å². The van der Waals surface area contributed by atoms with Crippen molar-refractivity contribution in [3.63, 3.8) is 0 Å². The molecule has 0 aromatic heterocycles. The van der Waals surface area contributed by atoms with Crippen molar-refractivity contribution in [3.8, 4) is 0 Å². The number of rotatable bonds is 3. The van der Waals surface area contributed by atoms with Crippen molar-refractivity contribution in [1.82, 2.24) is 4.90 Å². The SMILES string of the molecule is O=C(O)C1=CCS[C@H]2C(/C=C\CCl)C(=O)N12. The lowest BCUT2D eigenvalue weighted by molar-refractivity contribution is -0.149. The van der Waals surface area contributed by atoms with Gasteiger partial charge in [-0.05, 0) is 6.08 Å². The van der Waals surface area contributed by atoms with Crippen molar-refractivity contribution < 1.29 is 14.7 Å². The lowest BCUT2D eigenvalue weighted by Crippen LogP contribution is -2.60. The van der Waals surface area contributed by atoms with Gasteiger partial charge in [-0.1, -0.05) is 12.2 Å². The number of hydrogen-bond donors (Lipinski definition) is 1. The fourth-order valence-electron chi connectivity index (χ4n) is 1.81. The predicted octanol–water partition coefficient (Wildman–Crippen LogP) is 1.28. The summed E-state index contributed by atoms with van der Waals surface area (Å²) in [4.78, 5) is 24.0. The smallest absolute Gasteiger partial charge is 0.352 e. The Morgan fingerprint density at radius 1 is 1.75 bits per heavy atom. The highest BCUT2D eigenvalue weighted by molar-refractivity contribution is 8.00. The Kier molecular flexibility index (Phi) is 3.25. The molecule has 1 saturated heterocycles. The molecule has 2 aliphatic rings. The van der Waals surface area contributed by atoms with Crippen LogP contribution in [0.25, 0.3) is 0 Å². The van der Waals surface area contributed by atoms with Gasteiger partial charge in [0.2, 0.25) is 5.91 Å². The number of carboxylic acids is 1. The van der Waals surface area contributed by atoms with Gasteiger partial charge >= 0.3 is 5.97 Å². The number of alkyl halides is 1. The molecule has 0 radical (unpaired) electrons. The maximum atomic E-state index is 11.7. The first-order chi connectivity index (χ1) is 7.66. The summed E-state index contributed by atoms with van der Waals surface area (Å²) in [6, 6.07) is 0. The normalized spacial score (nSPS) is 28.7. The van der Waals surface area contributed by atoms with E-state index in [0.717, 1.165) is 0 Å². The minimum atomic E-state index is -1.04. The number of carbonyl (C=O) groups is 2. The van der Waals surface area contributed by atoms with Crippen LogP contribution in [0.5, 0.6) is 0 Å². The van der Waals surface area contributed by atoms with Crippen LogP contribution in [-0.4, -0.2) is 38.9 Å². The van der Waals surface area contributed by atoms with Gasteiger partial charge in [0.15, 0.2) is 0 Å². The van der Waals surface area contributed by atoms with Crippen LogP contribution >= 0.6 is 23.4 Å². The van der Waals surface area contributed by atoms with E-state index in [1.54, 1.807) is 30.0 Å². The zero-order valence-corrected chi connectivity index (χ0v) is 9.87. The molecule has 2 heterocycles. The average Bonchev–Trinajstić information content (AvgIpc) is 2.28. The molecule has 0 aromatic carbocycles. The number of aliphatic carboxylic acids is 1. The number of carbonyl (C=O) groups excluding carboxylic acids is 1. The number of β-lactam (4-membered cyclic amide) rings is 1. The Balaban J connectivity index is 2.16. The van der Waals surface area contributed by atoms with E-state index in [9.17, 15) is 9.59 Å². The van der Waals surface area contributed by atoms with Crippen molar-refractivity contribution in [1.29, 1.82) is 0 Å². The van der Waals surface area contributed by atoms with Gasteiger partial charge in [-0.3, -0.25) is 9.69 Å². The minimum Gasteiger partial charge on any atom is -0.477 e. The lowest BCUT2D eigenvalue weighted by atomic mass is 9.96. The van der Waals surface area contributed by atoms with Gasteiger partial charge in [0.1, 0.15) is 5.70 Å². The van der Waals surface area contributed by atoms with Gasteiger partial charge in [0, 0.05) is 11.6 Å². The zero-order valence-electron chi connectivity index (χ0n) is 8.30. The monoisotopic (exact) mass is 259 g/mol. The summed E-state index contributed by atoms with van der Waals surface area (Å²) < 4.78 is 0. The molecule has 0 aromatic rings. The Morgan fingerprint density at radius 2 is 2.50 bits per heavy atom. The third-order valence-corrected chi connectivity index (χ3v) is 3.92. The summed E-state index contributed by atoms with van der Waals surface area (Å²) >= 11 is 7.07. The number of thioether (sulfide) groups is 1. The Morgan fingerprint density at radius 3 is 3.12 bits per heavy atom. The second-order valence-electron chi connectivity index (χ2n) is 3.43. The first kappa shape index (κ1) is 11.5. The zero-order chi connectivity index (χ0) is 11.7. The van der Waals surface area contributed by atoms with Crippen molar-refractivity contribution in [2.45, 2.75) is 5.37 Å². The molecular formula is C10H10ClNO3S. The third-order valence-electron chi connectivity index (χ3n) is 2.54. The topological polar surface area (TPSA) is 57.6 Å². The maximum Gasteiger partial charge on any atom is 0.352 e. The van der Waals surface area contributed by atoms with Crippen LogP contribution in [0.4, 0.5) is 0 Å². The molecule has 0 spiro atoms. The molecule has 2 atom stereocenters. The van der Waals surface area contributed by atoms with E-state index >= 15 is 0 Å². The largest absolute Gasteiger partial charge is 0.477 e. The molecule has 2 rings (SSSR count). The number of nitrogens with zero attached hydrogens (tertiary/aromatic N) is 1. The van der Waals surface area contributed by atoms with E-state index < -0.39 is 5.97 Å². The Labute approximate surface area is 102 Å². The predicted molar refractivity (Wildman–Crippen MR) is 62.2 cm³/mol. The second kappa shape index (κ2) is 4.51. The standard InChI is InChI=1S/C10H10ClNO3S/c11-4-1-2-6-8(13)12-7(10(14)15)3-5-16-9(6)12/h1-3,6,9H,4-5H2,(H,14,15)/b2-1-/t6?,9-/m0/s1. The van der Waals surface area contributed by atoms with Crippen LogP contribution in [-0.2, 0) is 9.59 Å². The molecule has 6 heteroatoms. The van der Waals surface area contributed by atoms with Crippen LogP contribution in [0.3, 0.4) is 0 Å². The summed E-state index contributed by atoms with van der Waals surface area (Å²) in [5, 5.41) is 8.85. The van der Waals surface area contributed by atoms with Crippen molar-refractivity contribution in [2.75, 3.05) is 11.6 Å². The molecule has 16 heavy (non-hydrogen) atoms.